The van der Waals surface area contributed by atoms with Crippen LogP contribution in [0.3, 0.4) is 0 Å². The molecule has 0 radical (unpaired) electrons. The predicted octanol–water partition coefficient (Wildman–Crippen LogP) is 4.17. The van der Waals surface area contributed by atoms with E-state index in [2.05, 4.69) is 5.32 Å². The molecule has 0 spiro atoms. The number of hydrogen-bond acceptors (Lipinski definition) is 4. The van der Waals surface area contributed by atoms with Gasteiger partial charge >= 0.3 is 5.97 Å². The van der Waals surface area contributed by atoms with Gasteiger partial charge in [0.2, 0.25) is 0 Å². The highest BCUT2D eigenvalue weighted by Gasteiger charge is 2.20. The van der Waals surface area contributed by atoms with Gasteiger partial charge in [0.1, 0.15) is 11.6 Å². The molecule has 150 valence electrons. The number of hydrogen-bond donors (Lipinski definition) is 1. The van der Waals surface area contributed by atoms with Crippen LogP contribution >= 0.6 is 0 Å². The first-order valence-corrected chi connectivity index (χ1v) is 9.29. The second-order valence-corrected chi connectivity index (χ2v) is 6.71. The van der Waals surface area contributed by atoms with E-state index < -0.39 is 18.0 Å². The summed E-state index contributed by atoms with van der Waals surface area (Å²) in [6, 6.07) is 18.8. The standard InChI is InChI=1S/C23H22FNO4/c1-15(17-7-10-20(24)11-8-17)25-23(27)16(2)29-22(26)14-28-21-12-9-18-5-3-4-6-19(18)13-21/h3-13,15-16H,14H2,1-2H3,(H,25,27). The maximum Gasteiger partial charge on any atom is 0.344 e. The Morgan fingerprint density at radius 3 is 2.38 bits per heavy atom. The zero-order valence-electron chi connectivity index (χ0n) is 16.2. The van der Waals surface area contributed by atoms with E-state index in [9.17, 15) is 14.0 Å². The van der Waals surface area contributed by atoms with E-state index in [1.54, 1.807) is 25.1 Å². The number of carbonyl (C=O) groups is 2. The number of fused-ring (bicyclic) bond motifs is 1. The van der Waals surface area contributed by atoms with Crippen molar-refractivity contribution in [3.63, 3.8) is 0 Å². The van der Waals surface area contributed by atoms with Crippen molar-refractivity contribution in [1.82, 2.24) is 5.32 Å². The van der Waals surface area contributed by atoms with Crippen molar-refractivity contribution in [2.75, 3.05) is 6.61 Å². The van der Waals surface area contributed by atoms with Crippen LogP contribution in [0.15, 0.2) is 66.7 Å². The molecule has 0 saturated heterocycles. The summed E-state index contributed by atoms with van der Waals surface area (Å²) in [6.45, 7) is 2.95. The van der Waals surface area contributed by atoms with Gasteiger partial charge in [0.25, 0.3) is 5.91 Å². The molecule has 0 aliphatic rings. The maximum atomic E-state index is 13.0. The Balaban J connectivity index is 1.48. The molecule has 0 saturated carbocycles. The summed E-state index contributed by atoms with van der Waals surface area (Å²) in [5.74, 6) is -0.889. The summed E-state index contributed by atoms with van der Waals surface area (Å²) < 4.78 is 23.6. The fourth-order valence-corrected chi connectivity index (χ4v) is 2.85. The number of amides is 1. The van der Waals surface area contributed by atoms with Crippen molar-refractivity contribution in [2.45, 2.75) is 26.0 Å². The number of rotatable bonds is 7. The Morgan fingerprint density at radius 1 is 0.966 bits per heavy atom. The van der Waals surface area contributed by atoms with Crippen LogP contribution in [0.1, 0.15) is 25.5 Å². The highest BCUT2D eigenvalue weighted by Crippen LogP contribution is 2.20. The summed E-state index contributed by atoms with van der Waals surface area (Å²) in [5.41, 5.74) is 0.748. The molecule has 3 aromatic carbocycles. The molecule has 5 nitrogen and oxygen atoms in total. The molecule has 0 aromatic heterocycles. The van der Waals surface area contributed by atoms with Gasteiger partial charge in [-0.15, -0.1) is 0 Å². The fraction of sp³-hybridized carbons (Fsp3) is 0.217. The van der Waals surface area contributed by atoms with Crippen LogP contribution in [-0.4, -0.2) is 24.6 Å². The van der Waals surface area contributed by atoms with Gasteiger partial charge in [0.05, 0.1) is 6.04 Å². The van der Waals surface area contributed by atoms with Gasteiger partial charge in [-0.1, -0.05) is 42.5 Å². The van der Waals surface area contributed by atoms with Gasteiger partial charge in [0, 0.05) is 0 Å². The molecule has 29 heavy (non-hydrogen) atoms. The molecule has 1 amide bonds. The largest absolute Gasteiger partial charge is 0.482 e. The molecule has 3 rings (SSSR count). The van der Waals surface area contributed by atoms with Crippen molar-refractivity contribution in [3.8, 4) is 5.75 Å². The maximum absolute atomic E-state index is 13.0. The fourth-order valence-electron chi connectivity index (χ4n) is 2.85. The Bertz CT molecular complexity index is 1000. The number of halogens is 1. The summed E-state index contributed by atoms with van der Waals surface area (Å²) in [5, 5.41) is 4.81. The van der Waals surface area contributed by atoms with E-state index >= 15 is 0 Å². The highest BCUT2D eigenvalue weighted by molar-refractivity contribution is 5.85. The molecule has 2 atom stereocenters. The van der Waals surface area contributed by atoms with Crippen molar-refractivity contribution >= 4 is 22.6 Å². The van der Waals surface area contributed by atoms with Gasteiger partial charge in [-0.3, -0.25) is 4.79 Å². The van der Waals surface area contributed by atoms with Crippen LogP contribution in [0, 0.1) is 5.82 Å². The van der Waals surface area contributed by atoms with E-state index in [1.807, 2.05) is 36.4 Å². The van der Waals surface area contributed by atoms with E-state index in [-0.39, 0.29) is 18.5 Å². The second-order valence-electron chi connectivity index (χ2n) is 6.71. The Morgan fingerprint density at radius 2 is 1.66 bits per heavy atom. The predicted molar refractivity (Wildman–Crippen MR) is 108 cm³/mol. The van der Waals surface area contributed by atoms with E-state index in [0.29, 0.717) is 5.75 Å². The van der Waals surface area contributed by atoms with Crippen LogP contribution in [0.25, 0.3) is 10.8 Å². The number of esters is 1. The lowest BCUT2D eigenvalue weighted by molar-refractivity contribution is -0.156. The molecular formula is C23H22FNO4. The minimum Gasteiger partial charge on any atom is -0.482 e. The van der Waals surface area contributed by atoms with Crippen molar-refractivity contribution in [2.24, 2.45) is 0 Å². The lowest BCUT2D eigenvalue weighted by Gasteiger charge is -2.18. The minimum atomic E-state index is -0.981. The van der Waals surface area contributed by atoms with Crippen LogP contribution < -0.4 is 10.1 Å². The lowest BCUT2D eigenvalue weighted by atomic mass is 10.1. The highest BCUT2D eigenvalue weighted by atomic mass is 19.1. The smallest absolute Gasteiger partial charge is 0.344 e. The zero-order chi connectivity index (χ0) is 20.8. The third kappa shape index (κ3) is 5.54. The third-order valence-electron chi connectivity index (χ3n) is 4.48. The monoisotopic (exact) mass is 395 g/mol. The number of nitrogens with one attached hydrogen (secondary N) is 1. The van der Waals surface area contributed by atoms with E-state index in [1.165, 1.54) is 19.1 Å². The number of carbonyl (C=O) groups excluding carboxylic acids is 2. The molecule has 0 fully saturated rings. The van der Waals surface area contributed by atoms with Crippen LogP contribution in [0.4, 0.5) is 4.39 Å². The normalized spacial score (nSPS) is 12.8. The Hall–Kier alpha value is -3.41. The number of benzene rings is 3. The van der Waals surface area contributed by atoms with Crippen molar-refractivity contribution in [3.05, 3.63) is 78.1 Å². The van der Waals surface area contributed by atoms with Crippen LogP contribution in [0.5, 0.6) is 5.75 Å². The van der Waals surface area contributed by atoms with Gasteiger partial charge in [-0.2, -0.15) is 0 Å². The summed E-state index contributed by atoms with van der Waals surface area (Å²) in [6.07, 6.45) is -0.981. The van der Waals surface area contributed by atoms with Crippen molar-refractivity contribution in [1.29, 1.82) is 0 Å². The molecule has 1 N–H and O–H groups in total. The number of ether oxygens (including phenoxy) is 2. The van der Waals surface area contributed by atoms with Gasteiger partial charge in [-0.05, 0) is 54.4 Å². The summed E-state index contributed by atoms with van der Waals surface area (Å²) in [4.78, 5) is 24.3. The SMILES string of the molecule is CC(OC(=O)COc1ccc2ccccc2c1)C(=O)NC(C)c1ccc(F)cc1. The van der Waals surface area contributed by atoms with Crippen molar-refractivity contribution < 1.29 is 23.5 Å². The van der Waals surface area contributed by atoms with E-state index in [4.69, 9.17) is 9.47 Å². The van der Waals surface area contributed by atoms with Gasteiger partial charge in [0.15, 0.2) is 12.7 Å². The average molecular weight is 395 g/mol. The first-order chi connectivity index (χ1) is 13.9. The summed E-state index contributed by atoms with van der Waals surface area (Å²) >= 11 is 0. The minimum absolute atomic E-state index is 0.302. The molecule has 0 bridgehead atoms. The topological polar surface area (TPSA) is 64.6 Å². The zero-order valence-corrected chi connectivity index (χ0v) is 16.2. The molecule has 0 heterocycles. The second kappa shape index (κ2) is 9.19. The average Bonchev–Trinajstić information content (AvgIpc) is 2.72. The van der Waals surface area contributed by atoms with Gasteiger partial charge < -0.3 is 14.8 Å². The molecule has 3 aromatic rings. The lowest BCUT2D eigenvalue weighted by Crippen LogP contribution is -2.38. The van der Waals surface area contributed by atoms with Gasteiger partial charge in [-0.25, -0.2) is 9.18 Å². The van der Waals surface area contributed by atoms with E-state index in [0.717, 1.165) is 16.3 Å². The van der Waals surface area contributed by atoms with Crippen LogP contribution in [0.2, 0.25) is 0 Å². The molecular weight excluding hydrogens is 373 g/mol. The third-order valence-corrected chi connectivity index (χ3v) is 4.48. The molecule has 0 aliphatic heterocycles. The molecule has 6 heteroatoms. The summed E-state index contributed by atoms with van der Waals surface area (Å²) in [7, 11) is 0. The van der Waals surface area contributed by atoms with Crippen LogP contribution in [-0.2, 0) is 14.3 Å². The quantitative estimate of drug-likeness (QED) is 0.610. The molecule has 2 unspecified atom stereocenters. The Labute approximate surface area is 168 Å². The first-order valence-electron chi connectivity index (χ1n) is 9.29. The molecule has 0 aliphatic carbocycles. The Kier molecular flexibility index (Phi) is 6.44. The first kappa shape index (κ1) is 20.3.